The Labute approximate surface area is 121 Å². The molecule has 0 saturated heterocycles. The second-order valence-corrected chi connectivity index (χ2v) is 6.07. The van der Waals surface area contributed by atoms with Gasteiger partial charge in [-0.2, -0.15) is 0 Å². The number of carbonyl (C=O) groups excluding carboxylic acids is 1. The predicted octanol–water partition coefficient (Wildman–Crippen LogP) is 2.88. The van der Waals surface area contributed by atoms with E-state index in [9.17, 15) is 4.79 Å². The summed E-state index contributed by atoms with van der Waals surface area (Å²) < 4.78 is 5.82. The molecule has 1 aliphatic carbocycles. The molecule has 0 aliphatic heterocycles. The van der Waals surface area contributed by atoms with Crippen molar-refractivity contribution in [3.63, 3.8) is 0 Å². The van der Waals surface area contributed by atoms with E-state index in [1.54, 1.807) is 11.9 Å². The van der Waals surface area contributed by atoms with Crippen LogP contribution >= 0.6 is 0 Å². The van der Waals surface area contributed by atoms with E-state index < -0.39 is 6.04 Å². The van der Waals surface area contributed by atoms with Crippen LogP contribution in [0.15, 0.2) is 16.5 Å². The Morgan fingerprint density at radius 2 is 2.25 bits per heavy atom. The van der Waals surface area contributed by atoms with Crippen molar-refractivity contribution in [2.75, 3.05) is 7.05 Å². The molecule has 1 amide bonds. The fourth-order valence-corrected chi connectivity index (χ4v) is 2.54. The molecule has 3 unspecified atom stereocenters. The van der Waals surface area contributed by atoms with E-state index in [4.69, 9.17) is 10.2 Å². The molecular formula is C16H26N2O2. The number of furan rings is 1. The number of likely N-dealkylation sites (N-methyl/N-ethyl adjacent to an activating group) is 1. The monoisotopic (exact) mass is 278 g/mol. The summed E-state index contributed by atoms with van der Waals surface area (Å²) in [4.78, 5) is 13.8. The molecule has 1 fully saturated rings. The minimum absolute atomic E-state index is 0.00353. The molecule has 0 radical (unpaired) electrons. The highest BCUT2D eigenvalue weighted by atomic mass is 16.3. The molecule has 1 aliphatic rings. The largest absolute Gasteiger partial charge is 0.464 e. The summed E-state index contributed by atoms with van der Waals surface area (Å²) in [7, 11) is 1.79. The van der Waals surface area contributed by atoms with E-state index in [2.05, 4.69) is 13.8 Å². The quantitative estimate of drug-likeness (QED) is 0.834. The zero-order valence-corrected chi connectivity index (χ0v) is 12.8. The third-order valence-electron chi connectivity index (χ3n) is 4.11. The maximum Gasteiger partial charge on any atom is 0.239 e. The fourth-order valence-electron chi connectivity index (χ4n) is 2.54. The van der Waals surface area contributed by atoms with Gasteiger partial charge in [0.1, 0.15) is 11.5 Å². The Bertz CT molecular complexity index is 455. The van der Waals surface area contributed by atoms with E-state index in [-0.39, 0.29) is 5.91 Å². The Kier molecular flexibility index (Phi) is 4.86. The number of rotatable bonds is 7. The third-order valence-corrected chi connectivity index (χ3v) is 4.11. The van der Waals surface area contributed by atoms with Crippen LogP contribution < -0.4 is 5.73 Å². The van der Waals surface area contributed by atoms with Gasteiger partial charge in [0, 0.05) is 13.0 Å². The Morgan fingerprint density at radius 1 is 1.55 bits per heavy atom. The summed E-state index contributed by atoms with van der Waals surface area (Å²) in [6.07, 6.45) is 4.02. The van der Waals surface area contributed by atoms with Crippen LogP contribution in [0.5, 0.6) is 0 Å². The molecule has 0 bridgehead atoms. The Balaban J connectivity index is 1.85. The molecule has 20 heavy (non-hydrogen) atoms. The van der Waals surface area contributed by atoms with E-state index in [0.29, 0.717) is 12.5 Å². The van der Waals surface area contributed by atoms with Gasteiger partial charge in [-0.25, -0.2) is 0 Å². The van der Waals surface area contributed by atoms with Crippen molar-refractivity contribution in [3.05, 3.63) is 23.7 Å². The number of hydrogen-bond donors (Lipinski definition) is 1. The molecule has 2 rings (SSSR count). The molecule has 3 atom stereocenters. The van der Waals surface area contributed by atoms with Gasteiger partial charge >= 0.3 is 0 Å². The van der Waals surface area contributed by atoms with Crippen LogP contribution in [0.1, 0.15) is 57.0 Å². The Hall–Kier alpha value is -1.29. The normalized spacial score (nSPS) is 22.6. The van der Waals surface area contributed by atoms with Crippen molar-refractivity contribution in [1.29, 1.82) is 0 Å². The second-order valence-electron chi connectivity index (χ2n) is 6.07. The first-order valence-corrected chi connectivity index (χ1v) is 7.62. The summed E-state index contributed by atoms with van der Waals surface area (Å²) in [5.41, 5.74) is 5.92. The standard InChI is InChI=1S/C16H26N2O2/c1-4-5-6-14(17)16(19)18(3)10-12-7-8-15(20-12)13-9-11(13)2/h7-8,11,13-14H,4-6,9-10,17H2,1-3H3. The van der Waals surface area contributed by atoms with Gasteiger partial charge < -0.3 is 15.1 Å². The predicted molar refractivity (Wildman–Crippen MR) is 79.2 cm³/mol. The van der Waals surface area contributed by atoms with Crippen LogP contribution in [0, 0.1) is 5.92 Å². The first-order valence-electron chi connectivity index (χ1n) is 7.62. The first-order chi connectivity index (χ1) is 9.52. The van der Waals surface area contributed by atoms with Gasteiger partial charge in [-0.1, -0.05) is 26.7 Å². The molecule has 112 valence electrons. The zero-order valence-electron chi connectivity index (χ0n) is 12.8. The summed E-state index contributed by atoms with van der Waals surface area (Å²) in [6, 6.07) is 3.62. The van der Waals surface area contributed by atoms with Gasteiger partial charge in [-0.05, 0) is 30.9 Å². The minimum atomic E-state index is -0.391. The minimum Gasteiger partial charge on any atom is -0.464 e. The lowest BCUT2D eigenvalue weighted by Gasteiger charge is -2.20. The summed E-state index contributed by atoms with van der Waals surface area (Å²) in [5, 5.41) is 0. The third kappa shape index (κ3) is 3.63. The van der Waals surface area contributed by atoms with E-state index >= 15 is 0 Å². The van der Waals surface area contributed by atoms with Crippen LogP contribution in [-0.4, -0.2) is 23.9 Å². The summed E-state index contributed by atoms with van der Waals surface area (Å²) in [5.74, 6) is 3.21. The molecule has 0 spiro atoms. The number of nitrogens with two attached hydrogens (primary N) is 1. The van der Waals surface area contributed by atoms with Gasteiger partial charge in [0.05, 0.1) is 12.6 Å². The fraction of sp³-hybridized carbons (Fsp3) is 0.688. The lowest BCUT2D eigenvalue weighted by atomic mass is 10.1. The summed E-state index contributed by atoms with van der Waals surface area (Å²) in [6.45, 7) is 4.83. The van der Waals surface area contributed by atoms with Crippen LogP contribution in [0.25, 0.3) is 0 Å². The average molecular weight is 278 g/mol. The molecular weight excluding hydrogens is 252 g/mol. The van der Waals surface area contributed by atoms with Crippen molar-refractivity contribution < 1.29 is 9.21 Å². The molecule has 4 heteroatoms. The van der Waals surface area contributed by atoms with Gasteiger partial charge in [-0.15, -0.1) is 0 Å². The maximum absolute atomic E-state index is 12.1. The second kappa shape index (κ2) is 6.44. The van der Waals surface area contributed by atoms with Gasteiger partial charge in [0.15, 0.2) is 0 Å². The highest BCUT2D eigenvalue weighted by Gasteiger charge is 2.36. The molecule has 2 N–H and O–H groups in total. The van der Waals surface area contributed by atoms with Gasteiger partial charge in [0.25, 0.3) is 0 Å². The van der Waals surface area contributed by atoms with E-state index in [1.165, 1.54) is 6.42 Å². The van der Waals surface area contributed by atoms with Crippen molar-refractivity contribution in [2.24, 2.45) is 11.7 Å². The molecule has 0 aromatic carbocycles. The lowest BCUT2D eigenvalue weighted by Crippen LogP contribution is -2.41. The van der Waals surface area contributed by atoms with Gasteiger partial charge in [0.2, 0.25) is 5.91 Å². The first kappa shape index (κ1) is 15.1. The number of hydrogen-bond acceptors (Lipinski definition) is 3. The lowest BCUT2D eigenvalue weighted by molar-refractivity contribution is -0.132. The number of unbranched alkanes of at least 4 members (excludes halogenated alkanes) is 1. The van der Waals surface area contributed by atoms with Crippen LogP contribution in [0.4, 0.5) is 0 Å². The van der Waals surface area contributed by atoms with E-state index in [1.807, 2.05) is 12.1 Å². The molecule has 1 aromatic heterocycles. The van der Waals surface area contributed by atoms with Crippen molar-refractivity contribution >= 4 is 5.91 Å². The Morgan fingerprint density at radius 3 is 2.85 bits per heavy atom. The van der Waals surface area contributed by atoms with Gasteiger partial charge in [-0.3, -0.25) is 4.79 Å². The summed E-state index contributed by atoms with van der Waals surface area (Å²) >= 11 is 0. The smallest absolute Gasteiger partial charge is 0.239 e. The highest BCUT2D eigenvalue weighted by Crippen LogP contribution is 2.47. The number of nitrogens with zero attached hydrogens (tertiary/aromatic N) is 1. The molecule has 4 nitrogen and oxygen atoms in total. The van der Waals surface area contributed by atoms with Crippen molar-refractivity contribution in [2.45, 2.75) is 58.0 Å². The highest BCUT2D eigenvalue weighted by molar-refractivity contribution is 5.81. The molecule has 1 heterocycles. The van der Waals surface area contributed by atoms with Crippen molar-refractivity contribution in [1.82, 2.24) is 4.90 Å². The number of carbonyl (C=O) groups is 1. The van der Waals surface area contributed by atoms with E-state index in [0.717, 1.165) is 36.7 Å². The maximum atomic E-state index is 12.1. The zero-order chi connectivity index (χ0) is 14.7. The number of amides is 1. The van der Waals surface area contributed by atoms with Crippen LogP contribution in [0.2, 0.25) is 0 Å². The SMILES string of the molecule is CCCCC(N)C(=O)N(C)Cc1ccc(C2CC2C)o1. The van der Waals surface area contributed by atoms with Crippen LogP contribution in [0.3, 0.4) is 0 Å². The average Bonchev–Trinajstić information content (AvgIpc) is 2.98. The topological polar surface area (TPSA) is 59.5 Å². The van der Waals surface area contributed by atoms with Crippen LogP contribution in [-0.2, 0) is 11.3 Å². The molecule has 1 aromatic rings. The van der Waals surface area contributed by atoms with Crippen molar-refractivity contribution in [3.8, 4) is 0 Å². The molecule has 1 saturated carbocycles.